The van der Waals surface area contributed by atoms with E-state index in [4.69, 9.17) is 5.73 Å². The van der Waals surface area contributed by atoms with Crippen LogP contribution in [0.15, 0.2) is 77.6 Å². The second kappa shape index (κ2) is 9.69. The largest absolute Gasteiger partial charge is 0.322 e. The van der Waals surface area contributed by atoms with Crippen LogP contribution in [0, 0.1) is 31.3 Å². The van der Waals surface area contributed by atoms with E-state index >= 15 is 0 Å². The predicted molar refractivity (Wildman–Crippen MR) is 128 cm³/mol. The maximum absolute atomic E-state index is 14.8. The van der Waals surface area contributed by atoms with Crippen molar-refractivity contribution in [2.45, 2.75) is 32.9 Å². The second-order valence-corrected chi connectivity index (χ2v) is 8.35. The van der Waals surface area contributed by atoms with Gasteiger partial charge in [-0.15, -0.1) is 0 Å². The Balaban J connectivity index is 1.94. The standard InChI is InChI=1S/C28H25F3N2O/c1-17-21(15-22-24(30)13-8-14-25(22)31)18(2)33(16-26(32)19-9-4-3-5-10-19)28(34)27(17)20-11-6-7-12-23(20)29/h3-14,26H,15-16,32H2,1-2H3. The summed E-state index contributed by atoms with van der Waals surface area (Å²) in [6, 6.07) is 18.5. The molecule has 3 aromatic carbocycles. The topological polar surface area (TPSA) is 48.0 Å². The minimum Gasteiger partial charge on any atom is -0.322 e. The molecule has 2 N–H and O–H groups in total. The lowest BCUT2D eigenvalue weighted by Crippen LogP contribution is -2.31. The summed E-state index contributed by atoms with van der Waals surface area (Å²) >= 11 is 0. The molecule has 0 saturated heterocycles. The van der Waals surface area contributed by atoms with Crippen molar-refractivity contribution in [2.24, 2.45) is 5.73 Å². The molecule has 0 aliphatic rings. The van der Waals surface area contributed by atoms with Crippen LogP contribution in [-0.2, 0) is 13.0 Å². The van der Waals surface area contributed by atoms with Gasteiger partial charge in [0.15, 0.2) is 0 Å². The van der Waals surface area contributed by atoms with Gasteiger partial charge in [0.2, 0.25) is 0 Å². The van der Waals surface area contributed by atoms with Crippen molar-refractivity contribution in [2.75, 3.05) is 0 Å². The molecule has 0 fully saturated rings. The van der Waals surface area contributed by atoms with Gasteiger partial charge in [-0.1, -0.05) is 54.6 Å². The van der Waals surface area contributed by atoms with Crippen molar-refractivity contribution in [1.82, 2.24) is 4.57 Å². The van der Waals surface area contributed by atoms with E-state index in [1.807, 2.05) is 30.3 Å². The highest BCUT2D eigenvalue weighted by atomic mass is 19.1. The number of rotatable bonds is 6. The van der Waals surface area contributed by atoms with Crippen molar-refractivity contribution < 1.29 is 13.2 Å². The first kappa shape index (κ1) is 23.5. The molecular weight excluding hydrogens is 437 g/mol. The summed E-state index contributed by atoms with van der Waals surface area (Å²) in [5, 5.41) is 0. The monoisotopic (exact) mass is 462 g/mol. The Morgan fingerprint density at radius 3 is 2.03 bits per heavy atom. The first-order valence-corrected chi connectivity index (χ1v) is 11.0. The molecule has 0 amide bonds. The molecule has 3 nitrogen and oxygen atoms in total. The average Bonchev–Trinajstić information content (AvgIpc) is 2.83. The van der Waals surface area contributed by atoms with Gasteiger partial charge in [0.25, 0.3) is 5.56 Å². The molecule has 4 aromatic rings. The van der Waals surface area contributed by atoms with Crippen molar-refractivity contribution in [1.29, 1.82) is 0 Å². The van der Waals surface area contributed by atoms with Crippen LogP contribution in [-0.4, -0.2) is 4.57 Å². The van der Waals surface area contributed by atoms with Crippen molar-refractivity contribution >= 4 is 0 Å². The van der Waals surface area contributed by atoms with Crippen LogP contribution >= 0.6 is 0 Å². The molecule has 6 heteroatoms. The molecule has 1 atom stereocenters. The zero-order valence-corrected chi connectivity index (χ0v) is 19.0. The minimum atomic E-state index is -0.676. The maximum atomic E-state index is 14.8. The van der Waals surface area contributed by atoms with Gasteiger partial charge in [-0.2, -0.15) is 0 Å². The molecule has 0 saturated carbocycles. The molecule has 34 heavy (non-hydrogen) atoms. The summed E-state index contributed by atoms with van der Waals surface area (Å²) in [5.41, 5.74) is 8.64. The molecule has 1 aromatic heterocycles. The number of hydrogen-bond donors (Lipinski definition) is 1. The number of nitrogens with zero attached hydrogens (tertiary/aromatic N) is 1. The molecule has 0 aliphatic carbocycles. The van der Waals surface area contributed by atoms with E-state index < -0.39 is 29.1 Å². The van der Waals surface area contributed by atoms with Gasteiger partial charge in [-0.3, -0.25) is 4.79 Å². The minimum absolute atomic E-state index is 0.0848. The molecule has 0 bridgehead atoms. The van der Waals surface area contributed by atoms with Crippen LogP contribution in [0.25, 0.3) is 11.1 Å². The van der Waals surface area contributed by atoms with Gasteiger partial charge in [0, 0.05) is 35.8 Å². The average molecular weight is 463 g/mol. The van der Waals surface area contributed by atoms with Gasteiger partial charge < -0.3 is 10.3 Å². The molecule has 0 spiro atoms. The summed E-state index contributed by atoms with van der Waals surface area (Å²) in [6.45, 7) is 3.54. The molecule has 174 valence electrons. The molecule has 1 unspecified atom stereocenters. The first-order valence-electron chi connectivity index (χ1n) is 11.0. The third-order valence-corrected chi connectivity index (χ3v) is 6.29. The summed E-state index contributed by atoms with van der Waals surface area (Å²) in [6.07, 6.45) is -0.0848. The van der Waals surface area contributed by atoms with E-state index in [0.717, 1.165) is 5.56 Å². The van der Waals surface area contributed by atoms with Crippen molar-refractivity contribution in [3.8, 4) is 11.1 Å². The zero-order chi connectivity index (χ0) is 24.4. The highest BCUT2D eigenvalue weighted by Gasteiger charge is 2.23. The lowest BCUT2D eigenvalue weighted by atomic mass is 9.92. The van der Waals surface area contributed by atoms with Crippen LogP contribution in [0.4, 0.5) is 13.2 Å². The number of pyridine rings is 1. The van der Waals surface area contributed by atoms with Crippen molar-refractivity contribution in [3.05, 3.63) is 129 Å². The fourth-order valence-electron chi connectivity index (χ4n) is 4.37. The summed E-state index contributed by atoms with van der Waals surface area (Å²) < 4.78 is 45.3. The van der Waals surface area contributed by atoms with Crippen molar-refractivity contribution in [3.63, 3.8) is 0 Å². The van der Waals surface area contributed by atoms with Gasteiger partial charge in [-0.05, 0) is 48.7 Å². The van der Waals surface area contributed by atoms with Crippen LogP contribution in [0.1, 0.15) is 34.0 Å². The molecule has 0 radical (unpaired) electrons. The third kappa shape index (κ3) is 4.41. The summed E-state index contributed by atoms with van der Waals surface area (Å²) in [5.74, 6) is -1.90. The number of aromatic nitrogens is 1. The highest BCUT2D eigenvalue weighted by Crippen LogP contribution is 2.30. The molecule has 1 heterocycles. The van der Waals surface area contributed by atoms with E-state index in [2.05, 4.69) is 0 Å². The molecular formula is C28H25F3N2O. The third-order valence-electron chi connectivity index (χ3n) is 6.29. The summed E-state index contributed by atoms with van der Waals surface area (Å²) in [7, 11) is 0. The molecule has 0 aliphatic heterocycles. The Hall–Kier alpha value is -3.64. The van der Waals surface area contributed by atoms with Gasteiger partial charge in [0.1, 0.15) is 17.5 Å². The smallest absolute Gasteiger partial charge is 0.259 e. The first-order chi connectivity index (χ1) is 16.3. The van der Waals surface area contributed by atoms with E-state index in [1.165, 1.54) is 34.9 Å². The number of benzene rings is 3. The summed E-state index contributed by atoms with van der Waals surface area (Å²) in [4.78, 5) is 13.7. The fourth-order valence-corrected chi connectivity index (χ4v) is 4.37. The van der Waals surface area contributed by atoms with Gasteiger partial charge >= 0.3 is 0 Å². The normalized spacial score (nSPS) is 12.1. The molecule has 4 rings (SSSR count). The van der Waals surface area contributed by atoms with E-state index in [9.17, 15) is 18.0 Å². The lowest BCUT2D eigenvalue weighted by Gasteiger charge is -2.23. The number of nitrogens with two attached hydrogens (primary N) is 1. The quantitative estimate of drug-likeness (QED) is 0.391. The predicted octanol–water partition coefficient (Wildman–Crippen LogP) is 5.84. The van der Waals surface area contributed by atoms with Gasteiger partial charge in [0.05, 0.1) is 5.56 Å². The highest BCUT2D eigenvalue weighted by molar-refractivity contribution is 5.69. The fraction of sp³-hybridized carbons (Fsp3) is 0.179. The van der Waals surface area contributed by atoms with Gasteiger partial charge in [-0.25, -0.2) is 13.2 Å². The Kier molecular flexibility index (Phi) is 6.70. The lowest BCUT2D eigenvalue weighted by molar-refractivity contribution is 0.542. The Morgan fingerprint density at radius 2 is 1.38 bits per heavy atom. The van der Waals surface area contributed by atoms with E-state index in [0.29, 0.717) is 16.8 Å². The van der Waals surface area contributed by atoms with E-state index in [1.54, 1.807) is 26.0 Å². The van der Waals surface area contributed by atoms with Crippen LogP contribution in [0.2, 0.25) is 0 Å². The van der Waals surface area contributed by atoms with Crippen LogP contribution in [0.5, 0.6) is 0 Å². The Morgan fingerprint density at radius 1 is 0.794 bits per heavy atom. The zero-order valence-electron chi connectivity index (χ0n) is 19.0. The Labute approximate surface area is 196 Å². The second-order valence-electron chi connectivity index (χ2n) is 8.35. The Bertz CT molecular complexity index is 1380. The van der Waals surface area contributed by atoms with Crippen LogP contribution < -0.4 is 11.3 Å². The number of hydrogen-bond acceptors (Lipinski definition) is 2. The van der Waals surface area contributed by atoms with E-state index in [-0.39, 0.29) is 29.7 Å². The van der Waals surface area contributed by atoms with Crippen LogP contribution in [0.3, 0.4) is 0 Å². The number of halogens is 3. The SMILES string of the molecule is Cc1c(Cc2c(F)cccc2F)c(C)n(CC(N)c2ccccc2)c(=O)c1-c1ccccc1F. The maximum Gasteiger partial charge on any atom is 0.259 e.